The molecule has 0 aliphatic rings. The van der Waals surface area contributed by atoms with E-state index in [9.17, 15) is 0 Å². The first-order chi connectivity index (χ1) is 8.20. The summed E-state index contributed by atoms with van der Waals surface area (Å²) in [6, 6.07) is 4.17. The average Bonchev–Trinajstić information content (AvgIpc) is 2.87. The van der Waals surface area contributed by atoms with Gasteiger partial charge in [-0.3, -0.25) is 0 Å². The quantitative estimate of drug-likeness (QED) is 0.814. The second-order valence-electron chi connectivity index (χ2n) is 3.66. The number of furan rings is 1. The fraction of sp³-hybridized carbons (Fsp3) is 0.333. The first kappa shape index (κ1) is 13.3. The first-order valence-corrected chi connectivity index (χ1v) is 7.87. The number of hydrogen-bond donors (Lipinski definition) is 1. The summed E-state index contributed by atoms with van der Waals surface area (Å²) in [6.07, 6.45) is 1.10. The molecule has 0 amide bonds. The van der Waals surface area contributed by atoms with Crippen LogP contribution in [0.15, 0.2) is 31.1 Å². The summed E-state index contributed by atoms with van der Waals surface area (Å²) in [5, 5.41) is 5.54. The Balaban J connectivity index is 1.87. The molecule has 2 nitrogen and oxygen atoms in total. The van der Waals surface area contributed by atoms with Crippen molar-refractivity contribution >= 4 is 43.2 Å². The largest absolute Gasteiger partial charge is 0.452 e. The third-order valence-corrected chi connectivity index (χ3v) is 5.17. The van der Waals surface area contributed by atoms with Gasteiger partial charge in [-0.1, -0.05) is 6.92 Å². The van der Waals surface area contributed by atoms with E-state index in [0.717, 1.165) is 34.4 Å². The molecule has 0 aliphatic carbocycles. The first-order valence-electron chi connectivity index (χ1n) is 5.40. The summed E-state index contributed by atoms with van der Waals surface area (Å²) in [5.41, 5.74) is 1.43. The van der Waals surface area contributed by atoms with Gasteiger partial charge in [-0.15, -0.1) is 11.3 Å². The molecule has 0 saturated heterocycles. The zero-order valence-corrected chi connectivity index (χ0v) is 13.4. The van der Waals surface area contributed by atoms with Crippen LogP contribution in [0.25, 0.3) is 0 Å². The zero-order valence-electron chi connectivity index (χ0n) is 9.43. The minimum Gasteiger partial charge on any atom is -0.452 e. The van der Waals surface area contributed by atoms with Crippen molar-refractivity contribution in [1.82, 2.24) is 5.32 Å². The van der Waals surface area contributed by atoms with Gasteiger partial charge in [-0.25, -0.2) is 0 Å². The van der Waals surface area contributed by atoms with E-state index in [1.165, 1.54) is 10.4 Å². The molecule has 2 heterocycles. The normalized spacial score (nSPS) is 11.0. The highest BCUT2D eigenvalue weighted by Gasteiger charge is 2.06. The van der Waals surface area contributed by atoms with Crippen LogP contribution in [-0.4, -0.2) is 0 Å². The summed E-state index contributed by atoms with van der Waals surface area (Å²) in [6.45, 7) is 3.83. The molecule has 2 aromatic rings. The smallest absolute Gasteiger partial charge is 0.183 e. The molecular formula is C12H13Br2NOS. The summed E-state index contributed by atoms with van der Waals surface area (Å²) in [7, 11) is 0. The van der Waals surface area contributed by atoms with Crippen LogP contribution < -0.4 is 5.32 Å². The Hall–Kier alpha value is -0.100. The van der Waals surface area contributed by atoms with Crippen molar-refractivity contribution in [2.24, 2.45) is 0 Å². The number of rotatable bonds is 5. The van der Waals surface area contributed by atoms with E-state index in [1.807, 2.05) is 6.07 Å². The lowest BCUT2D eigenvalue weighted by Gasteiger charge is -2.02. The average molecular weight is 379 g/mol. The van der Waals surface area contributed by atoms with Crippen LogP contribution in [0.1, 0.15) is 23.1 Å². The Morgan fingerprint density at radius 3 is 2.82 bits per heavy atom. The van der Waals surface area contributed by atoms with Gasteiger partial charge in [0.25, 0.3) is 0 Å². The molecule has 2 rings (SSSR count). The number of thiophene rings is 1. The topological polar surface area (TPSA) is 25.2 Å². The van der Waals surface area contributed by atoms with E-state index in [2.05, 4.69) is 55.5 Å². The molecule has 17 heavy (non-hydrogen) atoms. The minimum absolute atomic E-state index is 0.741. The maximum Gasteiger partial charge on any atom is 0.183 e. The Morgan fingerprint density at radius 1 is 1.35 bits per heavy atom. The van der Waals surface area contributed by atoms with Crippen LogP contribution in [0, 0.1) is 0 Å². The van der Waals surface area contributed by atoms with Crippen molar-refractivity contribution in [2.75, 3.05) is 0 Å². The molecule has 0 atom stereocenters. The van der Waals surface area contributed by atoms with Crippen molar-refractivity contribution in [3.05, 3.63) is 42.9 Å². The van der Waals surface area contributed by atoms with E-state index in [0.29, 0.717) is 0 Å². The molecule has 0 bridgehead atoms. The fourth-order valence-corrected chi connectivity index (χ4v) is 3.22. The molecule has 0 saturated carbocycles. The Bertz CT molecular complexity index is 473. The van der Waals surface area contributed by atoms with Gasteiger partial charge in [0, 0.05) is 11.4 Å². The number of aryl methyl sites for hydroxylation is 1. The molecular weight excluding hydrogens is 366 g/mol. The van der Waals surface area contributed by atoms with Gasteiger partial charge in [-0.05, 0) is 61.4 Å². The van der Waals surface area contributed by atoms with Crippen molar-refractivity contribution in [2.45, 2.75) is 26.4 Å². The van der Waals surface area contributed by atoms with Gasteiger partial charge in [0.1, 0.15) is 5.76 Å². The number of hydrogen-bond acceptors (Lipinski definition) is 3. The monoisotopic (exact) mass is 377 g/mol. The van der Waals surface area contributed by atoms with Gasteiger partial charge >= 0.3 is 0 Å². The third-order valence-electron chi connectivity index (χ3n) is 2.50. The summed E-state index contributed by atoms with van der Waals surface area (Å²) >= 11 is 8.54. The van der Waals surface area contributed by atoms with Crippen LogP contribution in [0.4, 0.5) is 0 Å². The van der Waals surface area contributed by atoms with E-state index in [-0.39, 0.29) is 0 Å². The van der Waals surface area contributed by atoms with Crippen LogP contribution in [0.2, 0.25) is 0 Å². The summed E-state index contributed by atoms with van der Waals surface area (Å²) in [5.74, 6) is 0.929. The fourth-order valence-electron chi connectivity index (χ4n) is 1.61. The molecule has 92 valence electrons. The highest BCUT2D eigenvalue weighted by atomic mass is 79.9. The lowest BCUT2D eigenvalue weighted by atomic mass is 10.2. The molecule has 0 radical (unpaired) electrons. The zero-order chi connectivity index (χ0) is 12.3. The molecule has 0 aliphatic heterocycles. The standard InChI is InChI=1S/C12H13Br2NOS/c1-2-8-3-4-17-11(8)7-15-6-9-5-10(13)12(14)16-9/h3-5,15H,2,6-7H2,1H3. The van der Waals surface area contributed by atoms with E-state index < -0.39 is 0 Å². The maximum atomic E-state index is 5.50. The SMILES string of the molecule is CCc1ccsc1CNCc1cc(Br)c(Br)o1. The Labute approximate surface area is 122 Å². The highest BCUT2D eigenvalue weighted by Crippen LogP contribution is 2.26. The van der Waals surface area contributed by atoms with E-state index >= 15 is 0 Å². The molecule has 5 heteroatoms. The predicted octanol–water partition coefficient (Wildman–Crippen LogP) is 4.72. The Morgan fingerprint density at radius 2 is 2.18 bits per heavy atom. The van der Waals surface area contributed by atoms with Gasteiger partial charge < -0.3 is 9.73 Å². The van der Waals surface area contributed by atoms with Crippen molar-refractivity contribution in [3.63, 3.8) is 0 Å². The molecule has 1 N–H and O–H groups in total. The number of nitrogens with one attached hydrogen (secondary N) is 1. The summed E-state index contributed by atoms with van der Waals surface area (Å²) < 4.78 is 7.21. The van der Waals surface area contributed by atoms with Crippen LogP contribution in [0.3, 0.4) is 0 Å². The lowest BCUT2D eigenvalue weighted by Crippen LogP contribution is -2.12. The second kappa shape index (κ2) is 6.18. The predicted molar refractivity (Wildman–Crippen MR) is 78.3 cm³/mol. The molecule has 0 unspecified atom stereocenters. The number of halogens is 2. The van der Waals surface area contributed by atoms with Gasteiger partial charge in [0.2, 0.25) is 0 Å². The van der Waals surface area contributed by atoms with Crippen LogP contribution in [0.5, 0.6) is 0 Å². The van der Waals surface area contributed by atoms with Crippen LogP contribution >= 0.6 is 43.2 Å². The van der Waals surface area contributed by atoms with Gasteiger partial charge in [0.05, 0.1) is 11.0 Å². The van der Waals surface area contributed by atoms with Crippen molar-refractivity contribution < 1.29 is 4.42 Å². The minimum atomic E-state index is 0.741. The molecule has 2 aromatic heterocycles. The van der Waals surface area contributed by atoms with Crippen molar-refractivity contribution in [1.29, 1.82) is 0 Å². The van der Waals surface area contributed by atoms with E-state index in [4.69, 9.17) is 4.42 Å². The maximum absolute atomic E-state index is 5.50. The second-order valence-corrected chi connectivity index (χ2v) is 6.24. The van der Waals surface area contributed by atoms with Gasteiger partial charge in [-0.2, -0.15) is 0 Å². The molecule has 0 aromatic carbocycles. The highest BCUT2D eigenvalue weighted by molar-refractivity contribution is 9.13. The lowest BCUT2D eigenvalue weighted by molar-refractivity contribution is 0.465. The Kier molecular flexibility index (Phi) is 4.85. The molecule has 0 spiro atoms. The third kappa shape index (κ3) is 3.44. The molecule has 0 fully saturated rings. The van der Waals surface area contributed by atoms with E-state index in [1.54, 1.807) is 11.3 Å². The summed E-state index contributed by atoms with van der Waals surface area (Å²) in [4.78, 5) is 1.41. The van der Waals surface area contributed by atoms with Gasteiger partial charge in [0.15, 0.2) is 4.67 Å². The van der Waals surface area contributed by atoms with Crippen LogP contribution in [-0.2, 0) is 19.5 Å². The van der Waals surface area contributed by atoms with Crippen molar-refractivity contribution in [3.8, 4) is 0 Å².